The highest BCUT2D eigenvalue weighted by Crippen LogP contribution is 2.36. The Morgan fingerprint density at radius 1 is 0.818 bits per heavy atom. The normalized spacial score (nSPS) is 14.7. The van der Waals surface area contributed by atoms with E-state index < -0.39 is 7.12 Å². The number of aromatic nitrogens is 2. The number of halogens is 1. The Balaban J connectivity index is 0.000000317. The van der Waals surface area contributed by atoms with Gasteiger partial charge >= 0.3 is 7.12 Å². The SMILES string of the molecule is CCCCn1ccc(Br)c(C#N)c1=O.CCCCn1ccc(OCc2ccc(B3OC(C)(C)C(C)(C)O3)cc2)c(C#N)c1=O. The second-order valence-corrected chi connectivity index (χ2v) is 12.5. The van der Waals surface area contributed by atoms with Gasteiger partial charge in [-0.25, -0.2) is 0 Å². The number of rotatable bonds is 10. The number of benzene rings is 1. The van der Waals surface area contributed by atoms with Crippen LogP contribution in [0.2, 0.25) is 0 Å². The van der Waals surface area contributed by atoms with Crippen molar-refractivity contribution in [1.29, 1.82) is 10.5 Å². The second-order valence-electron chi connectivity index (χ2n) is 11.6. The monoisotopic (exact) mass is 662 g/mol. The minimum Gasteiger partial charge on any atom is -0.487 e. The number of hydrogen-bond acceptors (Lipinski definition) is 7. The maximum Gasteiger partial charge on any atom is 0.494 e. The summed E-state index contributed by atoms with van der Waals surface area (Å²) in [5.74, 6) is 0.310. The van der Waals surface area contributed by atoms with Crippen LogP contribution in [0.15, 0.2) is 62.9 Å². The van der Waals surface area contributed by atoms with Crippen molar-refractivity contribution in [2.24, 2.45) is 0 Å². The molecule has 9 nitrogen and oxygen atoms in total. The number of nitriles is 2. The van der Waals surface area contributed by atoms with Crippen LogP contribution in [-0.2, 0) is 29.0 Å². The fourth-order valence-corrected chi connectivity index (χ4v) is 4.73. The van der Waals surface area contributed by atoms with Gasteiger partial charge < -0.3 is 23.2 Å². The molecule has 1 saturated heterocycles. The molecule has 0 amide bonds. The van der Waals surface area contributed by atoms with Crippen molar-refractivity contribution in [2.45, 2.75) is 98.1 Å². The first-order valence-corrected chi connectivity index (χ1v) is 15.7. The molecule has 2 aromatic heterocycles. The van der Waals surface area contributed by atoms with E-state index >= 15 is 0 Å². The first-order chi connectivity index (χ1) is 20.9. The lowest BCUT2D eigenvalue weighted by molar-refractivity contribution is 0.00578. The van der Waals surface area contributed by atoms with E-state index in [-0.39, 0.29) is 40.1 Å². The number of aryl methyl sites for hydroxylation is 2. The Kier molecular flexibility index (Phi) is 12.2. The lowest BCUT2D eigenvalue weighted by atomic mass is 9.79. The van der Waals surface area contributed by atoms with E-state index in [1.807, 2.05) is 64.1 Å². The predicted molar refractivity (Wildman–Crippen MR) is 175 cm³/mol. The summed E-state index contributed by atoms with van der Waals surface area (Å²) in [4.78, 5) is 24.1. The topological polar surface area (TPSA) is 119 Å². The molecule has 0 unspecified atom stereocenters. The highest BCUT2D eigenvalue weighted by molar-refractivity contribution is 9.10. The number of pyridine rings is 2. The third-order valence-electron chi connectivity index (χ3n) is 7.87. The van der Waals surface area contributed by atoms with Crippen molar-refractivity contribution < 1.29 is 14.0 Å². The Morgan fingerprint density at radius 2 is 1.32 bits per heavy atom. The van der Waals surface area contributed by atoms with Gasteiger partial charge in [-0.05, 0) is 79.6 Å². The first kappa shape index (κ1) is 34.9. The molecule has 232 valence electrons. The van der Waals surface area contributed by atoms with Gasteiger partial charge in [0.2, 0.25) is 0 Å². The van der Waals surface area contributed by atoms with Gasteiger partial charge in [-0.2, -0.15) is 10.5 Å². The smallest absolute Gasteiger partial charge is 0.487 e. The third kappa shape index (κ3) is 8.29. The average Bonchev–Trinajstić information content (AvgIpc) is 3.22. The quantitative estimate of drug-likeness (QED) is 0.256. The van der Waals surface area contributed by atoms with Gasteiger partial charge in [0, 0.05) is 30.0 Å². The van der Waals surface area contributed by atoms with Crippen molar-refractivity contribution in [3.8, 4) is 17.9 Å². The van der Waals surface area contributed by atoms with E-state index in [0.29, 0.717) is 23.3 Å². The van der Waals surface area contributed by atoms with E-state index in [4.69, 9.17) is 19.3 Å². The summed E-state index contributed by atoms with van der Waals surface area (Å²) in [5, 5.41) is 18.2. The van der Waals surface area contributed by atoms with Gasteiger partial charge in [-0.1, -0.05) is 51.0 Å². The molecule has 0 aliphatic carbocycles. The van der Waals surface area contributed by atoms with Gasteiger partial charge in [-0.15, -0.1) is 0 Å². The zero-order chi connectivity index (χ0) is 32.5. The van der Waals surface area contributed by atoms with Crippen LogP contribution >= 0.6 is 15.9 Å². The van der Waals surface area contributed by atoms with Crippen LogP contribution in [0.4, 0.5) is 0 Å². The summed E-state index contributed by atoms with van der Waals surface area (Å²) >= 11 is 3.17. The fourth-order valence-electron chi connectivity index (χ4n) is 4.35. The molecule has 0 N–H and O–H groups in total. The fraction of sp³-hybridized carbons (Fsp3) is 0.455. The highest BCUT2D eigenvalue weighted by Gasteiger charge is 2.51. The summed E-state index contributed by atoms with van der Waals surface area (Å²) in [6.45, 7) is 13.8. The van der Waals surface area contributed by atoms with E-state index in [1.54, 1.807) is 33.7 Å². The van der Waals surface area contributed by atoms with Crippen LogP contribution in [0.5, 0.6) is 5.75 Å². The molecule has 0 bridgehead atoms. The van der Waals surface area contributed by atoms with Crippen molar-refractivity contribution in [2.75, 3.05) is 0 Å². The molecule has 0 atom stereocenters. The zero-order valence-corrected chi connectivity index (χ0v) is 27.9. The van der Waals surface area contributed by atoms with Crippen LogP contribution in [0.3, 0.4) is 0 Å². The molecular weight excluding hydrogens is 623 g/mol. The lowest BCUT2D eigenvalue weighted by Gasteiger charge is -2.32. The molecule has 0 saturated carbocycles. The maximum absolute atomic E-state index is 12.5. The molecule has 11 heteroatoms. The zero-order valence-electron chi connectivity index (χ0n) is 26.4. The summed E-state index contributed by atoms with van der Waals surface area (Å²) in [6.07, 6.45) is 7.25. The van der Waals surface area contributed by atoms with Gasteiger partial charge in [0.25, 0.3) is 11.1 Å². The van der Waals surface area contributed by atoms with Crippen LogP contribution in [0.1, 0.15) is 83.9 Å². The number of nitrogens with zero attached hydrogens (tertiary/aromatic N) is 4. The highest BCUT2D eigenvalue weighted by atomic mass is 79.9. The van der Waals surface area contributed by atoms with E-state index in [2.05, 4.69) is 29.8 Å². The van der Waals surface area contributed by atoms with Gasteiger partial charge in [0.15, 0.2) is 5.56 Å². The molecule has 1 aliphatic rings. The van der Waals surface area contributed by atoms with Crippen LogP contribution < -0.4 is 21.3 Å². The molecule has 44 heavy (non-hydrogen) atoms. The lowest BCUT2D eigenvalue weighted by Crippen LogP contribution is -2.41. The van der Waals surface area contributed by atoms with Crippen LogP contribution in [0.25, 0.3) is 0 Å². The number of hydrogen-bond donors (Lipinski definition) is 0. The minimum absolute atomic E-state index is 0.0439. The first-order valence-electron chi connectivity index (χ1n) is 14.9. The summed E-state index contributed by atoms with van der Waals surface area (Å²) in [6, 6.07) is 15.1. The Labute approximate surface area is 268 Å². The van der Waals surface area contributed by atoms with Crippen LogP contribution in [0, 0.1) is 22.7 Å². The molecule has 0 radical (unpaired) electrons. The van der Waals surface area contributed by atoms with Crippen LogP contribution in [-0.4, -0.2) is 27.5 Å². The van der Waals surface area contributed by atoms with Gasteiger partial charge in [-0.3, -0.25) is 9.59 Å². The Morgan fingerprint density at radius 3 is 1.82 bits per heavy atom. The standard InChI is InChI=1S/C23H29BN2O4.C10H11BrN2O/c1-6-7-13-26-14-12-20(19(15-25)21(26)27)28-16-17-8-10-18(11-9-17)24-29-22(2,3)23(4,5)30-24;1-2-3-5-13-6-4-9(11)8(7-12)10(13)14/h8-12,14H,6-7,13,16H2,1-5H3;4,6H,2-3,5H2,1H3. The molecule has 1 fully saturated rings. The van der Waals surface area contributed by atoms with Gasteiger partial charge in [0.05, 0.1) is 11.2 Å². The third-order valence-corrected chi connectivity index (χ3v) is 8.53. The van der Waals surface area contributed by atoms with Crippen molar-refractivity contribution in [1.82, 2.24) is 9.13 Å². The number of ether oxygens (including phenoxy) is 1. The summed E-state index contributed by atoms with van der Waals surface area (Å²) in [7, 11) is -0.411. The van der Waals surface area contributed by atoms with E-state index in [9.17, 15) is 14.9 Å². The second kappa shape index (κ2) is 15.4. The Hall–Kier alpha value is -3.64. The molecular formula is C33H40BBrN4O5. The Bertz CT molecular complexity index is 1620. The summed E-state index contributed by atoms with van der Waals surface area (Å²) in [5.41, 5.74) is 0.804. The van der Waals surface area contributed by atoms with Crippen molar-refractivity contribution in [3.05, 3.63) is 90.7 Å². The van der Waals surface area contributed by atoms with Crippen molar-refractivity contribution in [3.63, 3.8) is 0 Å². The van der Waals surface area contributed by atoms with E-state index in [0.717, 1.165) is 36.7 Å². The molecule has 0 spiro atoms. The molecule has 3 aromatic rings. The summed E-state index contributed by atoms with van der Waals surface area (Å²) < 4.78 is 21.6. The number of unbranched alkanes of at least 4 members (excludes halogenated alkanes) is 2. The van der Waals surface area contributed by atoms with Gasteiger partial charge in [0.1, 0.15) is 30.1 Å². The molecule has 4 rings (SSSR count). The molecule has 3 heterocycles. The predicted octanol–water partition coefficient (Wildman–Crippen LogP) is 5.68. The minimum atomic E-state index is -0.411. The average molecular weight is 663 g/mol. The van der Waals surface area contributed by atoms with E-state index in [1.165, 1.54) is 0 Å². The van der Waals surface area contributed by atoms with Crippen molar-refractivity contribution >= 4 is 28.5 Å². The molecule has 1 aliphatic heterocycles. The largest absolute Gasteiger partial charge is 0.494 e. The molecule has 1 aromatic carbocycles. The maximum atomic E-state index is 12.5.